The van der Waals surface area contributed by atoms with Crippen LogP contribution >= 0.6 is 0 Å². The highest BCUT2D eigenvalue weighted by atomic mass is 16.6. The quantitative estimate of drug-likeness (QED) is 0.728. The largest absolute Gasteiger partial charge is 0.510 e. The van der Waals surface area contributed by atoms with Crippen molar-refractivity contribution >= 4 is 28.0 Å². The zero-order chi connectivity index (χ0) is 18.4. The average Bonchev–Trinajstić information content (AvgIpc) is 3.01. The second-order valence-electron chi connectivity index (χ2n) is 6.47. The number of hydrogen-bond donors (Lipinski definition) is 2. The number of amidine groups is 1. The average molecular weight is 359 g/mol. The molecule has 0 atom stereocenters. The Hall–Kier alpha value is -3.54. The van der Waals surface area contributed by atoms with Crippen molar-refractivity contribution in [2.45, 2.75) is 0 Å². The molecule has 6 nitrogen and oxygen atoms in total. The van der Waals surface area contributed by atoms with Crippen LogP contribution in [0.3, 0.4) is 0 Å². The summed E-state index contributed by atoms with van der Waals surface area (Å²) in [6, 6.07) is 17.1. The number of anilines is 1. The van der Waals surface area contributed by atoms with Crippen LogP contribution in [0.1, 0.15) is 5.69 Å². The molecule has 1 aromatic heterocycles. The summed E-state index contributed by atoms with van der Waals surface area (Å²) in [6.07, 6.45) is 0. The third-order valence-corrected chi connectivity index (χ3v) is 4.80. The van der Waals surface area contributed by atoms with Crippen LogP contribution in [0.2, 0.25) is 0 Å². The standard InChI is InChI=1S/C21H17N3O3/c22-21-20(16-7-5-13-3-1-2-4-15(13)23-16)17(25)12-24(21)14-6-8-18-19(11-14)27-10-9-26-18/h1-8,11,22,25H,9-10,12H2. The van der Waals surface area contributed by atoms with Crippen LogP contribution in [0.15, 0.2) is 60.4 Å². The van der Waals surface area contributed by atoms with Gasteiger partial charge in [0.2, 0.25) is 0 Å². The third-order valence-electron chi connectivity index (χ3n) is 4.80. The number of benzene rings is 2. The number of para-hydroxylation sites is 1. The van der Waals surface area contributed by atoms with E-state index in [-0.39, 0.29) is 18.1 Å². The number of hydrogen-bond acceptors (Lipinski definition) is 5. The molecular weight excluding hydrogens is 342 g/mol. The molecular formula is C21H17N3O3. The van der Waals surface area contributed by atoms with E-state index in [1.165, 1.54) is 0 Å². The fourth-order valence-electron chi connectivity index (χ4n) is 3.47. The number of aliphatic hydroxyl groups is 1. The van der Waals surface area contributed by atoms with Gasteiger partial charge in [-0.25, -0.2) is 4.98 Å². The van der Waals surface area contributed by atoms with Crippen molar-refractivity contribution in [3.63, 3.8) is 0 Å². The summed E-state index contributed by atoms with van der Waals surface area (Å²) < 4.78 is 11.2. The van der Waals surface area contributed by atoms with Gasteiger partial charge in [-0.05, 0) is 24.3 Å². The van der Waals surface area contributed by atoms with E-state index in [2.05, 4.69) is 4.98 Å². The molecule has 0 aliphatic carbocycles. The first-order valence-electron chi connectivity index (χ1n) is 8.75. The van der Waals surface area contributed by atoms with Gasteiger partial charge in [0.05, 0.1) is 23.3 Å². The van der Waals surface area contributed by atoms with E-state index in [0.717, 1.165) is 16.6 Å². The molecule has 2 N–H and O–H groups in total. The molecule has 5 rings (SSSR count). The van der Waals surface area contributed by atoms with Gasteiger partial charge in [0.25, 0.3) is 0 Å². The van der Waals surface area contributed by atoms with Crippen molar-refractivity contribution in [3.8, 4) is 11.5 Å². The Morgan fingerprint density at radius 2 is 1.78 bits per heavy atom. The Morgan fingerprint density at radius 3 is 2.67 bits per heavy atom. The van der Waals surface area contributed by atoms with E-state index in [1.807, 2.05) is 54.6 Å². The maximum atomic E-state index is 10.6. The number of aromatic nitrogens is 1. The van der Waals surface area contributed by atoms with Gasteiger partial charge in [-0.15, -0.1) is 0 Å². The van der Waals surface area contributed by atoms with Gasteiger partial charge >= 0.3 is 0 Å². The van der Waals surface area contributed by atoms with Crippen LogP contribution in [0, 0.1) is 5.41 Å². The van der Waals surface area contributed by atoms with Crippen LogP contribution in [-0.4, -0.2) is 35.7 Å². The van der Waals surface area contributed by atoms with Crippen LogP contribution in [0.25, 0.3) is 16.5 Å². The molecule has 2 aromatic carbocycles. The van der Waals surface area contributed by atoms with Gasteiger partial charge in [-0.3, -0.25) is 5.41 Å². The van der Waals surface area contributed by atoms with E-state index in [4.69, 9.17) is 14.9 Å². The molecule has 0 unspecified atom stereocenters. The lowest BCUT2D eigenvalue weighted by atomic mass is 10.1. The molecule has 2 aliphatic rings. The zero-order valence-corrected chi connectivity index (χ0v) is 14.5. The third kappa shape index (κ3) is 2.57. The minimum absolute atomic E-state index is 0.137. The number of aliphatic hydroxyl groups excluding tert-OH is 1. The first kappa shape index (κ1) is 15.7. The summed E-state index contributed by atoms with van der Waals surface area (Å²) in [5.74, 6) is 1.71. The molecule has 134 valence electrons. The van der Waals surface area contributed by atoms with Gasteiger partial charge in [0.15, 0.2) is 11.5 Å². The molecule has 0 radical (unpaired) electrons. The fraction of sp³-hybridized carbons (Fsp3) is 0.143. The Morgan fingerprint density at radius 1 is 0.963 bits per heavy atom. The predicted octanol–water partition coefficient (Wildman–Crippen LogP) is 3.77. The second-order valence-corrected chi connectivity index (χ2v) is 6.47. The number of pyridine rings is 1. The molecule has 0 bridgehead atoms. The van der Waals surface area contributed by atoms with Crippen LogP contribution in [-0.2, 0) is 0 Å². The van der Waals surface area contributed by atoms with E-state index in [1.54, 1.807) is 4.90 Å². The normalized spacial score (nSPS) is 16.3. The predicted molar refractivity (Wildman–Crippen MR) is 104 cm³/mol. The number of nitrogens with one attached hydrogen (secondary N) is 1. The van der Waals surface area contributed by atoms with Crippen LogP contribution < -0.4 is 14.4 Å². The highest BCUT2D eigenvalue weighted by Crippen LogP contribution is 2.37. The summed E-state index contributed by atoms with van der Waals surface area (Å²) in [5, 5.41) is 20.2. The first-order valence-corrected chi connectivity index (χ1v) is 8.75. The molecule has 6 heteroatoms. The maximum absolute atomic E-state index is 10.6. The van der Waals surface area contributed by atoms with E-state index < -0.39 is 0 Å². The molecule has 3 aromatic rings. The van der Waals surface area contributed by atoms with Crippen LogP contribution in [0.4, 0.5) is 5.69 Å². The van der Waals surface area contributed by atoms with Gasteiger partial charge in [-0.2, -0.15) is 0 Å². The molecule has 0 spiro atoms. The Kier molecular flexibility index (Phi) is 3.50. The minimum Gasteiger partial charge on any atom is -0.510 e. The Bertz CT molecular complexity index is 1110. The Labute approximate surface area is 155 Å². The lowest BCUT2D eigenvalue weighted by Crippen LogP contribution is -2.26. The van der Waals surface area contributed by atoms with E-state index in [0.29, 0.717) is 36.0 Å². The van der Waals surface area contributed by atoms with Gasteiger partial charge in [0.1, 0.15) is 24.8 Å². The topological polar surface area (TPSA) is 78.7 Å². The second kappa shape index (κ2) is 6.02. The van der Waals surface area contributed by atoms with Crippen molar-refractivity contribution in [2.75, 3.05) is 24.7 Å². The van der Waals surface area contributed by atoms with Crippen molar-refractivity contribution in [3.05, 3.63) is 66.1 Å². The molecule has 27 heavy (non-hydrogen) atoms. The van der Waals surface area contributed by atoms with Crippen molar-refractivity contribution in [1.82, 2.24) is 4.98 Å². The molecule has 2 aliphatic heterocycles. The Balaban J connectivity index is 1.50. The zero-order valence-electron chi connectivity index (χ0n) is 14.5. The molecule has 3 heterocycles. The summed E-state index contributed by atoms with van der Waals surface area (Å²) in [7, 11) is 0. The summed E-state index contributed by atoms with van der Waals surface area (Å²) in [4.78, 5) is 6.36. The minimum atomic E-state index is 0.137. The number of nitrogens with zero attached hydrogens (tertiary/aromatic N) is 2. The summed E-state index contributed by atoms with van der Waals surface area (Å²) >= 11 is 0. The molecule has 0 saturated carbocycles. The van der Waals surface area contributed by atoms with E-state index in [9.17, 15) is 5.11 Å². The van der Waals surface area contributed by atoms with Gasteiger partial charge in [-0.1, -0.05) is 24.3 Å². The first-order chi connectivity index (χ1) is 13.2. The monoisotopic (exact) mass is 359 g/mol. The number of ether oxygens (including phenoxy) is 2. The highest BCUT2D eigenvalue weighted by molar-refractivity contribution is 6.30. The van der Waals surface area contributed by atoms with Crippen LogP contribution in [0.5, 0.6) is 11.5 Å². The lowest BCUT2D eigenvalue weighted by Gasteiger charge is -2.23. The lowest BCUT2D eigenvalue weighted by molar-refractivity contribution is 0.171. The van der Waals surface area contributed by atoms with Gasteiger partial charge < -0.3 is 19.5 Å². The molecule has 0 saturated heterocycles. The van der Waals surface area contributed by atoms with Crippen molar-refractivity contribution in [2.24, 2.45) is 0 Å². The van der Waals surface area contributed by atoms with Crippen molar-refractivity contribution < 1.29 is 14.6 Å². The van der Waals surface area contributed by atoms with Crippen molar-refractivity contribution in [1.29, 1.82) is 5.41 Å². The smallest absolute Gasteiger partial charge is 0.163 e. The summed E-state index contributed by atoms with van der Waals surface area (Å²) in [6.45, 7) is 1.26. The van der Waals surface area contributed by atoms with E-state index >= 15 is 0 Å². The SMILES string of the molecule is N=C1C(c2ccc3ccccc3n2)=C(O)CN1c1ccc2c(c1)OCCO2. The highest BCUT2D eigenvalue weighted by Gasteiger charge is 2.31. The number of fused-ring (bicyclic) bond motifs is 2. The molecule has 0 amide bonds. The summed E-state index contributed by atoms with van der Waals surface area (Å²) in [5.41, 5.74) is 2.65. The number of rotatable bonds is 2. The maximum Gasteiger partial charge on any atom is 0.163 e. The fourth-order valence-corrected chi connectivity index (χ4v) is 3.47. The molecule has 0 fully saturated rings. The van der Waals surface area contributed by atoms with Gasteiger partial charge in [0, 0.05) is 17.1 Å².